The Morgan fingerprint density at radius 1 is 1.43 bits per heavy atom. The molecule has 2 aromatic rings. The number of hydrogen-bond donors (Lipinski definition) is 0. The Morgan fingerprint density at radius 3 is 2.86 bits per heavy atom. The lowest BCUT2D eigenvalue weighted by atomic mass is 10.3. The van der Waals surface area contributed by atoms with Crippen LogP contribution >= 0.6 is 0 Å². The van der Waals surface area contributed by atoms with Gasteiger partial charge in [-0.1, -0.05) is 13.0 Å². The van der Waals surface area contributed by atoms with Crippen LogP contribution < -0.4 is 0 Å². The van der Waals surface area contributed by atoms with Crippen molar-refractivity contribution in [3.63, 3.8) is 0 Å². The summed E-state index contributed by atoms with van der Waals surface area (Å²) in [6.45, 7) is 2.54. The Hall–Kier alpha value is -2.17. The van der Waals surface area contributed by atoms with Crippen molar-refractivity contribution in [2.24, 2.45) is 5.92 Å². The number of pyridine rings is 1. The third-order valence-electron chi connectivity index (χ3n) is 3.83. The molecule has 2 atom stereocenters. The van der Waals surface area contributed by atoms with Crippen LogP contribution in [0.4, 0.5) is 4.39 Å². The fraction of sp³-hybridized carbons (Fsp3) is 0.375. The topological polar surface area (TPSA) is 46.3 Å². The highest BCUT2D eigenvalue weighted by molar-refractivity contribution is 5.91. The summed E-state index contributed by atoms with van der Waals surface area (Å²) in [6, 6.07) is 8.06. The van der Waals surface area contributed by atoms with E-state index in [0.717, 1.165) is 17.9 Å². The molecule has 110 valence electrons. The average Bonchev–Trinajstić information content (AvgIpc) is 3.01. The SMILES string of the molecule is CC1CC1c1ccc(CN(C)C(=O)c2cccc(F)n2)o1. The molecule has 0 radical (unpaired) electrons. The number of rotatable bonds is 4. The van der Waals surface area contributed by atoms with E-state index in [4.69, 9.17) is 4.42 Å². The molecule has 1 saturated carbocycles. The molecule has 3 rings (SSSR count). The molecule has 4 nitrogen and oxygen atoms in total. The van der Waals surface area contributed by atoms with Crippen LogP contribution in [0.1, 0.15) is 41.3 Å². The number of nitrogens with zero attached hydrogens (tertiary/aromatic N) is 2. The van der Waals surface area contributed by atoms with Gasteiger partial charge in [-0.05, 0) is 36.6 Å². The Morgan fingerprint density at radius 2 is 2.19 bits per heavy atom. The lowest BCUT2D eigenvalue weighted by Crippen LogP contribution is -2.27. The van der Waals surface area contributed by atoms with Gasteiger partial charge in [0.15, 0.2) is 0 Å². The number of amides is 1. The van der Waals surface area contributed by atoms with Gasteiger partial charge in [-0.25, -0.2) is 4.98 Å². The molecule has 0 saturated heterocycles. The van der Waals surface area contributed by atoms with E-state index < -0.39 is 5.95 Å². The first-order chi connectivity index (χ1) is 10.0. The van der Waals surface area contributed by atoms with Crippen molar-refractivity contribution in [3.8, 4) is 0 Å². The first-order valence-electron chi connectivity index (χ1n) is 7.01. The van der Waals surface area contributed by atoms with Crippen molar-refractivity contribution in [3.05, 3.63) is 53.5 Å². The lowest BCUT2D eigenvalue weighted by molar-refractivity contribution is 0.0767. The minimum absolute atomic E-state index is 0.0973. The smallest absolute Gasteiger partial charge is 0.272 e. The summed E-state index contributed by atoms with van der Waals surface area (Å²) in [6.07, 6.45) is 1.16. The van der Waals surface area contributed by atoms with Gasteiger partial charge in [-0.3, -0.25) is 4.79 Å². The zero-order valence-electron chi connectivity index (χ0n) is 12.0. The molecular formula is C16H17FN2O2. The molecule has 1 aliphatic rings. The van der Waals surface area contributed by atoms with Gasteiger partial charge in [-0.15, -0.1) is 0 Å². The Labute approximate surface area is 122 Å². The number of carbonyl (C=O) groups excluding carboxylic acids is 1. The molecule has 1 fully saturated rings. The first-order valence-corrected chi connectivity index (χ1v) is 7.01. The summed E-state index contributed by atoms with van der Waals surface area (Å²) in [7, 11) is 1.65. The quantitative estimate of drug-likeness (QED) is 0.812. The van der Waals surface area contributed by atoms with Crippen LogP contribution in [0.25, 0.3) is 0 Å². The molecule has 0 spiro atoms. The maximum Gasteiger partial charge on any atom is 0.272 e. The van der Waals surface area contributed by atoms with E-state index in [0.29, 0.717) is 18.4 Å². The average molecular weight is 288 g/mol. The fourth-order valence-electron chi connectivity index (χ4n) is 2.43. The van der Waals surface area contributed by atoms with Gasteiger partial charge < -0.3 is 9.32 Å². The maximum absolute atomic E-state index is 13.1. The van der Waals surface area contributed by atoms with E-state index in [1.807, 2.05) is 12.1 Å². The molecule has 2 aromatic heterocycles. The number of halogens is 1. The Kier molecular flexibility index (Phi) is 3.49. The molecule has 0 aliphatic heterocycles. The number of carbonyl (C=O) groups is 1. The molecule has 2 unspecified atom stereocenters. The summed E-state index contributed by atoms with van der Waals surface area (Å²) in [5.41, 5.74) is 0.0973. The van der Waals surface area contributed by atoms with Crippen LogP contribution in [-0.2, 0) is 6.54 Å². The van der Waals surface area contributed by atoms with Gasteiger partial charge in [0.05, 0.1) is 6.54 Å². The summed E-state index contributed by atoms with van der Waals surface area (Å²) < 4.78 is 18.8. The summed E-state index contributed by atoms with van der Waals surface area (Å²) in [5.74, 6) is 1.94. The van der Waals surface area contributed by atoms with Gasteiger partial charge in [0.25, 0.3) is 5.91 Å². The van der Waals surface area contributed by atoms with Crippen LogP contribution in [0.15, 0.2) is 34.7 Å². The first kappa shape index (κ1) is 13.8. The second-order valence-electron chi connectivity index (χ2n) is 5.63. The van der Waals surface area contributed by atoms with Crippen LogP contribution in [0.5, 0.6) is 0 Å². The summed E-state index contributed by atoms with van der Waals surface area (Å²) >= 11 is 0. The predicted molar refractivity (Wildman–Crippen MR) is 75.2 cm³/mol. The number of aromatic nitrogens is 1. The van der Waals surface area contributed by atoms with Gasteiger partial charge >= 0.3 is 0 Å². The van der Waals surface area contributed by atoms with Crippen molar-refractivity contribution in [1.82, 2.24) is 9.88 Å². The van der Waals surface area contributed by atoms with Crippen molar-refractivity contribution >= 4 is 5.91 Å². The van der Waals surface area contributed by atoms with Gasteiger partial charge in [0, 0.05) is 13.0 Å². The van der Waals surface area contributed by atoms with E-state index in [2.05, 4.69) is 11.9 Å². The molecule has 0 N–H and O–H groups in total. The van der Waals surface area contributed by atoms with Crippen LogP contribution in [0.3, 0.4) is 0 Å². The van der Waals surface area contributed by atoms with Crippen molar-refractivity contribution in [2.75, 3.05) is 7.05 Å². The molecule has 2 heterocycles. The van der Waals surface area contributed by atoms with Crippen molar-refractivity contribution in [1.29, 1.82) is 0 Å². The molecule has 21 heavy (non-hydrogen) atoms. The van der Waals surface area contributed by atoms with E-state index in [1.54, 1.807) is 7.05 Å². The zero-order chi connectivity index (χ0) is 15.0. The van der Waals surface area contributed by atoms with E-state index in [-0.39, 0.29) is 11.6 Å². The molecule has 0 bridgehead atoms. The highest BCUT2D eigenvalue weighted by Gasteiger charge is 2.36. The van der Waals surface area contributed by atoms with E-state index in [9.17, 15) is 9.18 Å². The van der Waals surface area contributed by atoms with Gasteiger partial charge in [-0.2, -0.15) is 4.39 Å². The predicted octanol–water partition coefficient (Wildman–Crippen LogP) is 3.21. The molecular weight excluding hydrogens is 271 g/mol. The van der Waals surface area contributed by atoms with Crippen molar-refractivity contribution < 1.29 is 13.6 Å². The standard InChI is InChI=1S/C16H17FN2O2/c1-10-8-12(10)14-7-6-11(21-14)9-19(2)16(20)13-4-3-5-15(17)18-13/h3-7,10,12H,8-9H2,1-2H3. The fourth-order valence-corrected chi connectivity index (χ4v) is 2.43. The summed E-state index contributed by atoms with van der Waals surface area (Å²) in [4.78, 5) is 17.2. The van der Waals surface area contributed by atoms with Crippen LogP contribution in [-0.4, -0.2) is 22.8 Å². The third kappa shape index (κ3) is 2.96. The second kappa shape index (κ2) is 5.31. The number of hydrogen-bond acceptors (Lipinski definition) is 3. The highest BCUT2D eigenvalue weighted by Crippen LogP contribution is 2.47. The van der Waals surface area contributed by atoms with Gasteiger partial charge in [0.2, 0.25) is 5.95 Å². The lowest BCUT2D eigenvalue weighted by Gasteiger charge is -2.15. The monoisotopic (exact) mass is 288 g/mol. The van der Waals surface area contributed by atoms with Gasteiger partial charge in [0.1, 0.15) is 17.2 Å². The van der Waals surface area contributed by atoms with E-state index >= 15 is 0 Å². The normalized spacial score (nSPS) is 20.3. The molecule has 5 heteroatoms. The maximum atomic E-state index is 13.1. The Balaban J connectivity index is 1.66. The molecule has 1 amide bonds. The van der Waals surface area contributed by atoms with Crippen molar-refractivity contribution in [2.45, 2.75) is 25.8 Å². The highest BCUT2D eigenvalue weighted by atomic mass is 19.1. The minimum Gasteiger partial charge on any atom is -0.464 e. The third-order valence-corrected chi connectivity index (χ3v) is 3.83. The summed E-state index contributed by atoms with van der Waals surface area (Å²) in [5, 5.41) is 0. The largest absolute Gasteiger partial charge is 0.464 e. The molecule has 1 aliphatic carbocycles. The van der Waals surface area contributed by atoms with Crippen LogP contribution in [0.2, 0.25) is 0 Å². The van der Waals surface area contributed by atoms with Crippen LogP contribution in [0, 0.1) is 11.9 Å². The number of furan rings is 1. The van der Waals surface area contributed by atoms with E-state index in [1.165, 1.54) is 23.1 Å². The minimum atomic E-state index is -0.655. The zero-order valence-corrected chi connectivity index (χ0v) is 12.0. The second-order valence-corrected chi connectivity index (χ2v) is 5.63. The molecule has 0 aromatic carbocycles. The Bertz CT molecular complexity index is 668.